The zero-order valence-electron chi connectivity index (χ0n) is 14.1. The fraction of sp³-hybridized carbons (Fsp3) is 0.263. The van der Waals surface area contributed by atoms with Crippen LogP contribution in [0.15, 0.2) is 42.5 Å². The Kier molecular flexibility index (Phi) is 4.70. The SMILES string of the molecule is CC1Oc2ccc(CC(=O)NCc3ccccc3F)cc2N(C)C1=O. The maximum atomic E-state index is 13.6. The first kappa shape index (κ1) is 17.0. The Morgan fingerprint density at radius 2 is 2.04 bits per heavy atom. The van der Waals surface area contributed by atoms with Gasteiger partial charge in [-0.25, -0.2) is 4.39 Å². The van der Waals surface area contributed by atoms with Crippen molar-refractivity contribution < 1.29 is 18.7 Å². The van der Waals surface area contributed by atoms with Crippen molar-refractivity contribution in [3.63, 3.8) is 0 Å². The number of carbonyl (C=O) groups excluding carboxylic acids is 2. The number of hydrogen-bond acceptors (Lipinski definition) is 3. The second-order valence-electron chi connectivity index (χ2n) is 6.00. The smallest absolute Gasteiger partial charge is 0.267 e. The van der Waals surface area contributed by atoms with E-state index in [-0.39, 0.29) is 30.6 Å². The van der Waals surface area contributed by atoms with Crippen LogP contribution in [-0.4, -0.2) is 25.0 Å². The van der Waals surface area contributed by atoms with Gasteiger partial charge in [-0.15, -0.1) is 0 Å². The molecule has 1 aliphatic heterocycles. The fourth-order valence-electron chi connectivity index (χ4n) is 2.75. The van der Waals surface area contributed by atoms with Gasteiger partial charge in [0, 0.05) is 19.2 Å². The molecule has 5 nitrogen and oxygen atoms in total. The van der Waals surface area contributed by atoms with Crippen molar-refractivity contribution in [3.8, 4) is 5.75 Å². The minimum Gasteiger partial charge on any atom is -0.479 e. The first-order valence-electron chi connectivity index (χ1n) is 8.03. The van der Waals surface area contributed by atoms with Gasteiger partial charge < -0.3 is 15.0 Å². The quantitative estimate of drug-likeness (QED) is 0.928. The van der Waals surface area contributed by atoms with E-state index in [1.807, 2.05) is 0 Å². The Bertz CT molecular complexity index is 822. The number of ether oxygens (including phenoxy) is 1. The summed E-state index contributed by atoms with van der Waals surface area (Å²) in [6, 6.07) is 11.6. The van der Waals surface area contributed by atoms with E-state index in [1.165, 1.54) is 11.0 Å². The Morgan fingerprint density at radius 1 is 1.28 bits per heavy atom. The molecule has 130 valence electrons. The zero-order valence-corrected chi connectivity index (χ0v) is 14.1. The average Bonchev–Trinajstić information content (AvgIpc) is 2.60. The molecular weight excluding hydrogens is 323 g/mol. The Hall–Kier alpha value is -2.89. The summed E-state index contributed by atoms with van der Waals surface area (Å²) in [6.07, 6.45) is -0.383. The van der Waals surface area contributed by atoms with Gasteiger partial charge in [0.1, 0.15) is 11.6 Å². The van der Waals surface area contributed by atoms with Gasteiger partial charge in [0.15, 0.2) is 6.10 Å². The number of halogens is 1. The lowest BCUT2D eigenvalue weighted by Crippen LogP contribution is -2.42. The van der Waals surface area contributed by atoms with Crippen LogP contribution in [-0.2, 0) is 22.6 Å². The van der Waals surface area contributed by atoms with Gasteiger partial charge in [-0.1, -0.05) is 24.3 Å². The summed E-state index contributed by atoms with van der Waals surface area (Å²) in [5, 5.41) is 2.70. The third-order valence-corrected chi connectivity index (χ3v) is 4.17. The summed E-state index contributed by atoms with van der Waals surface area (Å²) in [6.45, 7) is 1.83. The molecule has 25 heavy (non-hydrogen) atoms. The third-order valence-electron chi connectivity index (χ3n) is 4.17. The molecule has 0 bridgehead atoms. The van der Waals surface area contributed by atoms with Crippen LogP contribution in [0.3, 0.4) is 0 Å². The summed E-state index contributed by atoms with van der Waals surface area (Å²) in [7, 11) is 1.68. The van der Waals surface area contributed by atoms with Crippen LogP contribution in [0.25, 0.3) is 0 Å². The van der Waals surface area contributed by atoms with Crippen molar-refractivity contribution in [2.24, 2.45) is 0 Å². The van der Waals surface area contributed by atoms with E-state index in [4.69, 9.17) is 4.74 Å². The van der Waals surface area contributed by atoms with Crippen molar-refractivity contribution in [1.82, 2.24) is 5.32 Å². The molecule has 0 aliphatic carbocycles. The van der Waals surface area contributed by atoms with Gasteiger partial charge in [0.05, 0.1) is 12.1 Å². The van der Waals surface area contributed by atoms with Crippen LogP contribution in [0.2, 0.25) is 0 Å². The minimum atomic E-state index is -0.521. The van der Waals surface area contributed by atoms with Crippen LogP contribution >= 0.6 is 0 Å². The molecule has 0 aromatic heterocycles. The molecule has 6 heteroatoms. The van der Waals surface area contributed by atoms with Crippen molar-refractivity contribution >= 4 is 17.5 Å². The van der Waals surface area contributed by atoms with Crippen molar-refractivity contribution in [1.29, 1.82) is 0 Å². The van der Waals surface area contributed by atoms with Crippen LogP contribution in [0, 0.1) is 5.82 Å². The molecule has 0 radical (unpaired) electrons. The molecule has 2 aromatic carbocycles. The van der Waals surface area contributed by atoms with E-state index in [0.29, 0.717) is 17.0 Å². The molecule has 0 saturated carbocycles. The van der Waals surface area contributed by atoms with E-state index in [9.17, 15) is 14.0 Å². The number of carbonyl (C=O) groups is 2. The summed E-state index contributed by atoms with van der Waals surface area (Å²) in [4.78, 5) is 25.6. The lowest BCUT2D eigenvalue weighted by molar-refractivity contribution is -0.125. The van der Waals surface area contributed by atoms with Crippen LogP contribution in [0.1, 0.15) is 18.1 Å². The number of amides is 2. The molecule has 1 heterocycles. The first-order chi connectivity index (χ1) is 12.0. The van der Waals surface area contributed by atoms with E-state index in [0.717, 1.165) is 5.56 Å². The predicted octanol–water partition coefficient (Wildman–Crippen LogP) is 2.43. The summed E-state index contributed by atoms with van der Waals surface area (Å²) >= 11 is 0. The molecule has 1 N–H and O–H groups in total. The van der Waals surface area contributed by atoms with Gasteiger partial charge in [-0.05, 0) is 30.7 Å². The number of nitrogens with zero attached hydrogens (tertiary/aromatic N) is 1. The Balaban J connectivity index is 1.66. The van der Waals surface area contributed by atoms with E-state index < -0.39 is 6.10 Å². The van der Waals surface area contributed by atoms with Crippen molar-refractivity contribution in [2.45, 2.75) is 26.0 Å². The number of rotatable bonds is 4. The molecule has 0 saturated heterocycles. The standard InChI is InChI=1S/C19H19FN2O3/c1-12-19(24)22(2)16-9-13(7-8-17(16)25-12)10-18(23)21-11-14-5-3-4-6-15(14)20/h3-9,12H,10-11H2,1-2H3,(H,21,23). The molecular formula is C19H19FN2O3. The minimum absolute atomic E-state index is 0.131. The van der Waals surface area contributed by atoms with Gasteiger partial charge in [-0.2, -0.15) is 0 Å². The van der Waals surface area contributed by atoms with Crippen molar-refractivity contribution in [2.75, 3.05) is 11.9 Å². The number of anilines is 1. The van der Waals surface area contributed by atoms with Crippen LogP contribution in [0.5, 0.6) is 5.75 Å². The fourth-order valence-corrected chi connectivity index (χ4v) is 2.75. The topological polar surface area (TPSA) is 58.6 Å². The number of nitrogens with one attached hydrogen (secondary N) is 1. The molecule has 1 atom stereocenters. The molecule has 1 unspecified atom stereocenters. The molecule has 2 aromatic rings. The predicted molar refractivity (Wildman–Crippen MR) is 91.9 cm³/mol. The summed E-state index contributed by atoms with van der Waals surface area (Å²) < 4.78 is 19.1. The number of hydrogen-bond donors (Lipinski definition) is 1. The van der Waals surface area contributed by atoms with Crippen molar-refractivity contribution in [3.05, 3.63) is 59.4 Å². The van der Waals surface area contributed by atoms with Crippen LogP contribution < -0.4 is 15.0 Å². The Labute approximate surface area is 145 Å². The monoisotopic (exact) mass is 342 g/mol. The molecule has 2 amide bonds. The normalized spacial score (nSPS) is 16.2. The average molecular weight is 342 g/mol. The van der Waals surface area contributed by atoms with Gasteiger partial charge in [-0.3, -0.25) is 9.59 Å². The second kappa shape index (κ2) is 6.93. The van der Waals surface area contributed by atoms with E-state index in [1.54, 1.807) is 50.4 Å². The van der Waals surface area contributed by atoms with Gasteiger partial charge in [0.2, 0.25) is 5.91 Å². The molecule has 0 fully saturated rings. The highest BCUT2D eigenvalue weighted by Gasteiger charge is 2.28. The maximum Gasteiger partial charge on any atom is 0.267 e. The number of likely N-dealkylation sites (N-methyl/N-ethyl adjacent to an activating group) is 1. The lowest BCUT2D eigenvalue weighted by atomic mass is 10.1. The van der Waals surface area contributed by atoms with Crippen LogP contribution in [0.4, 0.5) is 10.1 Å². The third kappa shape index (κ3) is 3.63. The number of benzene rings is 2. The van der Waals surface area contributed by atoms with Gasteiger partial charge in [0.25, 0.3) is 5.91 Å². The maximum absolute atomic E-state index is 13.6. The van der Waals surface area contributed by atoms with Gasteiger partial charge >= 0.3 is 0 Å². The Morgan fingerprint density at radius 3 is 2.80 bits per heavy atom. The summed E-state index contributed by atoms with van der Waals surface area (Å²) in [5.41, 5.74) is 1.83. The second-order valence-corrected chi connectivity index (χ2v) is 6.00. The highest BCUT2D eigenvalue weighted by atomic mass is 19.1. The molecule has 0 spiro atoms. The highest BCUT2D eigenvalue weighted by molar-refractivity contribution is 5.99. The highest BCUT2D eigenvalue weighted by Crippen LogP contribution is 2.34. The van der Waals surface area contributed by atoms with E-state index in [2.05, 4.69) is 5.32 Å². The molecule has 1 aliphatic rings. The first-order valence-corrected chi connectivity index (χ1v) is 8.03. The van der Waals surface area contributed by atoms with E-state index >= 15 is 0 Å². The largest absolute Gasteiger partial charge is 0.479 e. The zero-order chi connectivity index (χ0) is 18.0. The number of fused-ring (bicyclic) bond motifs is 1. The summed E-state index contributed by atoms with van der Waals surface area (Å²) in [5.74, 6) is -0.0796. The molecule has 3 rings (SSSR count). The lowest BCUT2D eigenvalue weighted by Gasteiger charge is -2.30.